The van der Waals surface area contributed by atoms with Gasteiger partial charge in [0.25, 0.3) is 0 Å². The lowest BCUT2D eigenvalue weighted by Gasteiger charge is -2.08. The third-order valence-electron chi connectivity index (χ3n) is 2.57. The van der Waals surface area contributed by atoms with Crippen molar-refractivity contribution in [2.45, 2.75) is 6.54 Å². The second-order valence-corrected chi connectivity index (χ2v) is 3.95. The second kappa shape index (κ2) is 4.91. The lowest BCUT2D eigenvalue weighted by molar-refractivity contribution is 0.507. The maximum Gasteiger partial charge on any atom is 0.159 e. The molecule has 0 aliphatic carbocycles. The van der Waals surface area contributed by atoms with Crippen molar-refractivity contribution >= 4 is 17.1 Å². The van der Waals surface area contributed by atoms with E-state index in [1.54, 1.807) is 18.2 Å². The van der Waals surface area contributed by atoms with E-state index in [1.807, 2.05) is 0 Å². The monoisotopic (exact) mass is 249 g/mol. The van der Waals surface area contributed by atoms with Crippen LogP contribution in [-0.4, -0.2) is 0 Å². The van der Waals surface area contributed by atoms with Gasteiger partial charge in [0.1, 0.15) is 0 Å². The summed E-state index contributed by atoms with van der Waals surface area (Å²) < 4.78 is 25.7. The molecule has 0 heterocycles. The van der Waals surface area contributed by atoms with Gasteiger partial charge < -0.3 is 16.8 Å². The summed E-state index contributed by atoms with van der Waals surface area (Å²) in [6.07, 6.45) is 0. The van der Waals surface area contributed by atoms with Crippen LogP contribution >= 0.6 is 0 Å². The highest BCUT2D eigenvalue weighted by molar-refractivity contribution is 5.69. The van der Waals surface area contributed by atoms with Gasteiger partial charge in [0.15, 0.2) is 11.6 Å². The van der Waals surface area contributed by atoms with Gasteiger partial charge in [-0.05, 0) is 35.9 Å². The molecule has 2 aromatic rings. The van der Waals surface area contributed by atoms with E-state index in [0.717, 1.165) is 17.8 Å². The summed E-state index contributed by atoms with van der Waals surface area (Å²) in [4.78, 5) is 0. The van der Waals surface area contributed by atoms with Gasteiger partial charge in [0, 0.05) is 12.2 Å². The van der Waals surface area contributed by atoms with E-state index < -0.39 is 11.6 Å². The first-order valence-electron chi connectivity index (χ1n) is 5.39. The summed E-state index contributed by atoms with van der Waals surface area (Å²) >= 11 is 0. The van der Waals surface area contributed by atoms with Crippen LogP contribution in [-0.2, 0) is 6.54 Å². The van der Waals surface area contributed by atoms with Crippen LogP contribution in [0.15, 0.2) is 36.4 Å². The van der Waals surface area contributed by atoms with Crippen LogP contribution in [0.5, 0.6) is 0 Å². The zero-order valence-corrected chi connectivity index (χ0v) is 9.58. The van der Waals surface area contributed by atoms with Crippen LogP contribution in [0.1, 0.15) is 5.56 Å². The molecule has 0 bridgehead atoms. The predicted octanol–water partition coefficient (Wildman–Crippen LogP) is 2.74. The number of benzene rings is 2. The van der Waals surface area contributed by atoms with Crippen molar-refractivity contribution in [1.82, 2.24) is 0 Å². The summed E-state index contributed by atoms with van der Waals surface area (Å²) in [5.41, 5.74) is 13.6. The minimum absolute atomic E-state index is 0.376. The molecule has 0 amide bonds. The van der Waals surface area contributed by atoms with E-state index in [4.69, 9.17) is 11.5 Å². The van der Waals surface area contributed by atoms with E-state index >= 15 is 0 Å². The maximum atomic E-state index is 13.0. The summed E-state index contributed by atoms with van der Waals surface area (Å²) in [6.45, 7) is 0.376. The van der Waals surface area contributed by atoms with Crippen molar-refractivity contribution < 1.29 is 8.78 Å². The molecule has 0 aromatic heterocycles. The molecule has 0 radical (unpaired) electrons. The molecule has 0 spiro atoms. The molecule has 5 N–H and O–H groups in total. The molecule has 0 saturated carbocycles. The van der Waals surface area contributed by atoms with Gasteiger partial charge in [-0.3, -0.25) is 0 Å². The fourth-order valence-corrected chi connectivity index (χ4v) is 1.54. The number of nitrogens with two attached hydrogens (primary N) is 2. The van der Waals surface area contributed by atoms with Crippen LogP contribution < -0.4 is 16.8 Å². The van der Waals surface area contributed by atoms with Gasteiger partial charge in [-0.15, -0.1) is 0 Å². The van der Waals surface area contributed by atoms with Gasteiger partial charge in [-0.1, -0.05) is 6.07 Å². The van der Waals surface area contributed by atoms with Crippen LogP contribution in [0.3, 0.4) is 0 Å². The van der Waals surface area contributed by atoms with E-state index in [0.29, 0.717) is 23.5 Å². The van der Waals surface area contributed by atoms with Gasteiger partial charge in [-0.2, -0.15) is 0 Å². The van der Waals surface area contributed by atoms with Gasteiger partial charge in [0.2, 0.25) is 0 Å². The first-order chi connectivity index (χ1) is 8.56. The van der Waals surface area contributed by atoms with Gasteiger partial charge in [0.05, 0.1) is 11.4 Å². The standard InChI is InChI=1S/C13H13F2N3/c14-10-3-1-8(5-11(10)15)7-18-9-2-4-12(16)13(17)6-9/h1-6,18H,7,16-17H2. The summed E-state index contributed by atoms with van der Waals surface area (Å²) in [6, 6.07) is 8.92. The van der Waals surface area contributed by atoms with Crippen molar-refractivity contribution in [2.24, 2.45) is 0 Å². The fraction of sp³-hybridized carbons (Fsp3) is 0.0769. The number of halogens is 2. The summed E-state index contributed by atoms with van der Waals surface area (Å²) in [5.74, 6) is -1.71. The minimum atomic E-state index is -0.855. The van der Waals surface area contributed by atoms with Crippen molar-refractivity contribution in [1.29, 1.82) is 0 Å². The Morgan fingerprint density at radius 1 is 0.889 bits per heavy atom. The van der Waals surface area contributed by atoms with Crippen molar-refractivity contribution in [3.05, 3.63) is 53.6 Å². The molecule has 5 heteroatoms. The van der Waals surface area contributed by atoms with E-state index in [-0.39, 0.29) is 0 Å². The van der Waals surface area contributed by atoms with Crippen molar-refractivity contribution in [3.63, 3.8) is 0 Å². The molecule has 0 aliphatic rings. The molecule has 94 valence electrons. The molecule has 0 fully saturated rings. The fourth-order valence-electron chi connectivity index (χ4n) is 1.54. The summed E-state index contributed by atoms with van der Waals surface area (Å²) in [7, 11) is 0. The van der Waals surface area contributed by atoms with Crippen LogP contribution in [0.25, 0.3) is 0 Å². The topological polar surface area (TPSA) is 64.1 Å². The van der Waals surface area contributed by atoms with E-state index in [2.05, 4.69) is 5.32 Å². The number of nitrogens with one attached hydrogen (secondary N) is 1. The molecular formula is C13H13F2N3. The Hall–Kier alpha value is -2.30. The highest BCUT2D eigenvalue weighted by Gasteiger charge is 2.03. The Morgan fingerprint density at radius 2 is 1.67 bits per heavy atom. The van der Waals surface area contributed by atoms with Crippen LogP contribution in [0.2, 0.25) is 0 Å². The number of hydrogen-bond acceptors (Lipinski definition) is 3. The average molecular weight is 249 g/mol. The van der Waals surface area contributed by atoms with Crippen LogP contribution in [0.4, 0.5) is 25.8 Å². The van der Waals surface area contributed by atoms with Gasteiger partial charge >= 0.3 is 0 Å². The molecule has 0 unspecified atom stereocenters. The normalized spacial score (nSPS) is 10.3. The Kier molecular flexibility index (Phi) is 3.32. The first kappa shape index (κ1) is 12.2. The molecule has 2 aromatic carbocycles. The zero-order valence-electron chi connectivity index (χ0n) is 9.58. The van der Waals surface area contributed by atoms with E-state index in [9.17, 15) is 8.78 Å². The molecular weight excluding hydrogens is 236 g/mol. The first-order valence-corrected chi connectivity index (χ1v) is 5.39. The molecule has 3 nitrogen and oxygen atoms in total. The lowest BCUT2D eigenvalue weighted by atomic mass is 10.2. The Labute approximate surface area is 103 Å². The highest BCUT2D eigenvalue weighted by Crippen LogP contribution is 2.20. The SMILES string of the molecule is Nc1ccc(NCc2ccc(F)c(F)c2)cc1N. The Bertz CT molecular complexity index is 519. The van der Waals surface area contributed by atoms with E-state index in [1.165, 1.54) is 6.07 Å². The molecule has 0 atom stereocenters. The van der Waals surface area contributed by atoms with Crippen LogP contribution in [0, 0.1) is 11.6 Å². The van der Waals surface area contributed by atoms with Crippen molar-refractivity contribution in [3.8, 4) is 0 Å². The third kappa shape index (κ3) is 2.68. The molecule has 2 rings (SSSR count). The number of hydrogen-bond donors (Lipinski definition) is 3. The lowest BCUT2D eigenvalue weighted by Crippen LogP contribution is -2.02. The maximum absolute atomic E-state index is 13.0. The molecule has 0 aliphatic heterocycles. The largest absolute Gasteiger partial charge is 0.397 e. The summed E-state index contributed by atoms with van der Waals surface area (Å²) in [5, 5.41) is 3.05. The Balaban J connectivity index is 2.06. The number of anilines is 3. The van der Waals surface area contributed by atoms with Gasteiger partial charge in [-0.25, -0.2) is 8.78 Å². The zero-order chi connectivity index (χ0) is 13.1. The minimum Gasteiger partial charge on any atom is -0.397 e. The average Bonchev–Trinajstić information content (AvgIpc) is 2.35. The molecule has 18 heavy (non-hydrogen) atoms. The smallest absolute Gasteiger partial charge is 0.159 e. The second-order valence-electron chi connectivity index (χ2n) is 3.95. The quantitative estimate of drug-likeness (QED) is 0.733. The highest BCUT2D eigenvalue weighted by atomic mass is 19.2. The Morgan fingerprint density at radius 3 is 2.33 bits per heavy atom. The number of rotatable bonds is 3. The number of nitrogen functional groups attached to an aromatic ring is 2. The third-order valence-corrected chi connectivity index (χ3v) is 2.57. The van der Waals surface area contributed by atoms with Crippen molar-refractivity contribution in [2.75, 3.05) is 16.8 Å². The molecule has 0 saturated heterocycles. The predicted molar refractivity (Wildman–Crippen MR) is 69.0 cm³/mol.